The van der Waals surface area contributed by atoms with E-state index in [9.17, 15) is 4.21 Å². The van der Waals surface area contributed by atoms with E-state index in [0.29, 0.717) is 13.2 Å². The van der Waals surface area contributed by atoms with Crippen LogP contribution >= 0.6 is 0 Å². The van der Waals surface area contributed by atoms with E-state index in [1.165, 1.54) is 5.56 Å². The van der Waals surface area contributed by atoms with Crippen molar-refractivity contribution in [1.29, 1.82) is 0 Å². The number of piperidine rings is 1. The zero-order valence-corrected chi connectivity index (χ0v) is 12.7. The Morgan fingerprint density at radius 1 is 1.25 bits per heavy atom. The Labute approximate surface area is 122 Å². The van der Waals surface area contributed by atoms with E-state index in [1.54, 1.807) is 6.26 Å². The standard InChI is InChI=1S/C15H21NO3S/c1-20(17)14-5-3-13(4-6-14)11-16-8-2-7-15(12-16)18-9-10-19-15/h3-6H,2,7-12H2,1H3. The largest absolute Gasteiger partial charge is 0.346 e. The summed E-state index contributed by atoms with van der Waals surface area (Å²) in [5.74, 6) is -0.358. The molecule has 0 radical (unpaired) electrons. The minimum Gasteiger partial charge on any atom is -0.346 e. The lowest BCUT2D eigenvalue weighted by Gasteiger charge is -2.38. The van der Waals surface area contributed by atoms with Gasteiger partial charge < -0.3 is 9.47 Å². The van der Waals surface area contributed by atoms with Crippen molar-refractivity contribution < 1.29 is 13.7 Å². The molecule has 110 valence electrons. The van der Waals surface area contributed by atoms with Crippen LogP contribution in [0.5, 0.6) is 0 Å². The Bertz CT molecular complexity index is 482. The molecule has 2 heterocycles. The molecule has 2 aliphatic heterocycles. The normalized spacial score (nSPS) is 24.1. The molecule has 0 N–H and O–H groups in total. The number of likely N-dealkylation sites (tertiary alicyclic amines) is 1. The smallest absolute Gasteiger partial charge is 0.181 e. The van der Waals surface area contributed by atoms with Crippen molar-refractivity contribution in [2.75, 3.05) is 32.6 Å². The molecule has 1 unspecified atom stereocenters. The summed E-state index contributed by atoms with van der Waals surface area (Å²) >= 11 is 0. The zero-order valence-electron chi connectivity index (χ0n) is 11.8. The fourth-order valence-corrected chi connectivity index (χ4v) is 3.50. The predicted octanol–water partition coefficient (Wildman–Crippen LogP) is 1.76. The fraction of sp³-hybridized carbons (Fsp3) is 0.600. The molecule has 5 heteroatoms. The molecule has 0 bridgehead atoms. The van der Waals surface area contributed by atoms with E-state index in [-0.39, 0.29) is 5.79 Å². The van der Waals surface area contributed by atoms with E-state index in [4.69, 9.17) is 9.47 Å². The first-order chi connectivity index (χ1) is 9.67. The summed E-state index contributed by atoms with van der Waals surface area (Å²) in [7, 11) is -0.905. The van der Waals surface area contributed by atoms with Crippen molar-refractivity contribution in [3.05, 3.63) is 29.8 Å². The number of nitrogens with zero attached hydrogens (tertiary/aromatic N) is 1. The van der Waals surface area contributed by atoms with Gasteiger partial charge in [-0.2, -0.15) is 0 Å². The van der Waals surface area contributed by atoms with Crippen molar-refractivity contribution in [2.24, 2.45) is 0 Å². The van der Waals surface area contributed by atoms with Crippen LogP contribution in [0, 0.1) is 0 Å². The van der Waals surface area contributed by atoms with Gasteiger partial charge in [0.25, 0.3) is 0 Å². The van der Waals surface area contributed by atoms with Crippen molar-refractivity contribution in [3.8, 4) is 0 Å². The third-order valence-corrected chi connectivity index (χ3v) is 4.91. The highest BCUT2D eigenvalue weighted by Crippen LogP contribution is 2.30. The van der Waals surface area contributed by atoms with E-state index >= 15 is 0 Å². The van der Waals surface area contributed by atoms with Crippen LogP contribution in [0.1, 0.15) is 18.4 Å². The second-order valence-electron chi connectivity index (χ2n) is 5.52. The van der Waals surface area contributed by atoms with Gasteiger partial charge in [-0.25, -0.2) is 0 Å². The predicted molar refractivity (Wildman–Crippen MR) is 77.9 cm³/mol. The van der Waals surface area contributed by atoms with Gasteiger partial charge in [0.15, 0.2) is 5.79 Å². The fourth-order valence-electron chi connectivity index (χ4n) is 2.98. The molecule has 4 nitrogen and oxygen atoms in total. The Hall–Kier alpha value is -0.750. The molecule has 20 heavy (non-hydrogen) atoms. The van der Waals surface area contributed by atoms with Crippen LogP contribution in [0.25, 0.3) is 0 Å². The maximum absolute atomic E-state index is 11.4. The Kier molecular flexibility index (Phi) is 4.21. The maximum Gasteiger partial charge on any atom is 0.181 e. The average molecular weight is 295 g/mol. The van der Waals surface area contributed by atoms with Gasteiger partial charge in [-0.15, -0.1) is 0 Å². The van der Waals surface area contributed by atoms with Gasteiger partial charge >= 0.3 is 0 Å². The molecule has 1 spiro atoms. The monoisotopic (exact) mass is 295 g/mol. The molecule has 0 saturated carbocycles. The molecule has 0 aromatic heterocycles. The molecule has 2 aliphatic rings. The van der Waals surface area contributed by atoms with Gasteiger partial charge in [0.1, 0.15) is 0 Å². The van der Waals surface area contributed by atoms with E-state index in [1.807, 2.05) is 12.1 Å². The molecule has 2 fully saturated rings. The molecule has 3 rings (SSSR count). The van der Waals surface area contributed by atoms with Crippen LogP contribution in [-0.2, 0) is 26.8 Å². The first-order valence-electron chi connectivity index (χ1n) is 7.10. The SMILES string of the molecule is CS(=O)c1ccc(CN2CCCC3(C2)OCCO3)cc1. The van der Waals surface area contributed by atoms with Gasteiger partial charge in [-0.1, -0.05) is 12.1 Å². The van der Waals surface area contributed by atoms with Crippen LogP contribution in [0.15, 0.2) is 29.2 Å². The quantitative estimate of drug-likeness (QED) is 0.852. The second-order valence-corrected chi connectivity index (χ2v) is 6.90. The highest BCUT2D eigenvalue weighted by Gasteiger charge is 2.40. The summed E-state index contributed by atoms with van der Waals surface area (Å²) in [6, 6.07) is 8.03. The third-order valence-electron chi connectivity index (χ3n) is 3.97. The Balaban J connectivity index is 1.63. The molecule has 2 saturated heterocycles. The first-order valence-corrected chi connectivity index (χ1v) is 8.65. The molecule has 0 amide bonds. The lowest BCUT2D eigenvalue weighted by molar-refractivity contribution is -0.190. The highest BCUT2D eigenvalue weighted by molar-refractivity contribution is 7.84. The third kappa shape index (κ3) is 3.11. The van der Waals surface area contributed by atoms with Crippen LogP contribution < -0.4 is 0 Å². The van der Waals surface area contributed by atoms with Crippen LogP contribution in [0.3, 0.4) is 0 Å². The Morgan fingerprint density at radius 3 is 2.60 bits per heavy atom. The average Bonchev–Trinajstić information content (AvgIpc) is 2.87. The minimum absolute atomic E-state index is 0.358. The summed E-state index contributed by atoms with van der Waals surface area (Å²) in [5, 5.41) is 0. The van der Waals surface area contributed by atoms with Gasteiger partial charge in [0.05, 0.1) is 19.8 Å². The van der Waals surface area contributed by atoms with Gasteiger partial charge in [-0.05, 0) is 30.7 Å². The molecule has 1 aromatic carbocycles. The van der Waals surface area contributed by atoms with Crippen LogP contribution in [0.2, 0.25) is 0 Å². The molecule has 1 atom stereocenters. The van der Waals surface area contributed by atoms with Gasteiger partial charge in [-0.3, -0.25) is 9.11 Å². The summed E-state index contributed by atoms with van der Waals surface area (Å²) in [5.41, 5.74) is 1.24. The van der Waals surface area contributed by atoms with Crippen molar-refractivity contribution in [2.45, 2.75) is 30.1 Å². The van der Waals surface area contributed by atoms with E-state index in [2.05, 4.69) is 17.0 Å². The lowest BCUT2D eigenvalue weighted by atomic mass is 10.0. The van der Waals surface area contributed by atoms with Crippen LogP contribution in [0.4, 0.5) is 0 Å². The maximum atomic E-state index is 11.4. The number of ether oxygens (including phenoxy) is 2. The molecule has 0 aliphatic carbocycles. The topological polar surface area (TPSA) is 38.8 Å². The number of hydrogen-bond donors (Lipinski definition) is 0. The second kappa shape index (κ2) is 5.93. The molecular weight excluding hydrogens is 274 g/mol. The summed E-state index contributed by atoms with van der Waals surface area (Å²) in [4.78, 5) is 3.26. The van der Waals surface area contributed by atoms with Crippen LogP contribution in [-0.4, -0.2) is 47.5 Å². The molecular formula is C15H21NO3S. The summed E-state index contributed by atoms with van der Waals surface area (Å²) in [6.45, 7) is 4.24. The minimum atomic E-state index is -0.905. The van der Waals surface area contributed by atoms with E-state index in [0.717, 1.165) is 37.4 Å². The molecule has 1 aromatic rings. The highest BCUT2D eigenvalue weighted by atomic mass is 32.2. The lowest BCUT2D eigenvalue weighted by Crippen LogP contribution is -2.48. The summed E-state index contributed by atoms with van der Waals surface area (Å²) < 4.78 is 23.0. The first kappa shape index (κ1) is 14.2. The van der Waals surface area contributed by atoms with Crippen molar-refractivity contribution >= 4 is 10.8 Å². The van der Waals surface area contributed by atoms with Gasteiger partial charge in [0.2, 0.25) is 0 Å². The summed E-state index contributed by atoms with van der Waals surface area (Å²) in [6.07, 6.45) is 3.81. The van der Waals surface area contributed by atoms with E-state index < -0.39 is 10.8 Å². The van der Waals surface area contributed by atoms with Crippen molar-refractivity contribution in [3.63, 3.8) is 0 Å². The zero-order chi connectivity index (χ0) is 14.0. The Morgan fingerprint density at radius 2 is 1.95 bits per heavy atom. The number of hydrogen-bond acceptors (Lipinski definition) is 4. The van der Waals surface area contributed by atoms with Crippen molar-refractivity contribution in [1.82, 2.24) is 4.90 Å². The number of benzene rings is 1. The number of rotatable bonds is 3. The van der Waals surface area contributed by atoms with Gasteiger partial charge in [0, 0.05) is 34.9 Å².